The number of alkyl halides is 3. The largest absolute Gasteiger partial charge is 0.573 e. The van der Waals surface area contributed by atoms with Gasteiger partial charge < -0.3 is 14.8 Å². The highest BCUT2D eigenvalue weighted by atomic mass is 79.9. The second-order valence-electron chi connectivity index (χ2n) is 10.5. The molecule has 7 nitrogen and oxygen atoms in total. The van der Waals surface area contributed by atoms with Crippen LogP contribution in [0.3, 0.4) is 0 Å². The van der Waals surface area contributed by atoms with Crippen molar-refractivity contribution >= 4 is 64.7 Å². The van der Waals surface area contributed by atoms with Crippen molar-refractivity contribution in [3.63, 3.8) is 0 Å². The summed E-state index contributed by atoms with van der Waals surface area (Å²) in [5.41, 5.74) is 1.25. The van der Waals surface area contributed by atoms with Crippen LogP contribution in [0, 0.1) is 0 Å². The van der Waals surface area contributed by atoms with Crippen LogP contribution in [-0.2, 0) is 15.4 Å². The van der Waals surface area contributed by atoms with Gasteiger partial charge in [0.2, 0.25) is 10.0 Å². The number of halogens is 4. The molecular formula is C29H28BrF3N2O5S2. The van der Waals surface area contributed by atoms with Gasteiger partial charge in [-0.2, -0.15) is 0 Å². The van der Waals surface area contributed by atoms with Crippen LogP contribution in [0.25, 0.3) is 10.1 Å². The zero-order valence-corrected chi connectivity index (χ0v) is 26.4. The van der Waals surface area contributed by atoms with Gasteiger partial charge in [-0.1, -0.05) is 29.8 Å². The lowest BCUT2D eigenvalue weighted by Crippen LogP contribution is -2.22. The topological polar surface area (TPSA) is 93.7 Å². The molecule has 1 amide bonds. The summed E-state index contributed by atoms with van der Waals surface area (Å²) in [6.45, 7) is 7.24. The van der Waals surface area contributed by atoms with Crippen LogP contribution < -0.4 is 19.5 Å². The molecule has 1 heterocycles. The summed E-state index contributed by atoms with van der Waals surface area (Å²) < 4.78 is 76.1. The van der Waals surface area contributed by atoms with Crippen molar-refractivity contribution < 1.29 is 35.9 Å². The van der Waals surface area contributed by atoms with E-state index in [1.165, 1.54) is 23.5 Å². The molecular weight excluding hydrogens is 657 g/mol. The minimum atomic E-state index is -4.87. The van der Waals surface area contributed by atoms with E-state index in [0.29, 0.717) is 37.2 Å². The first-order chi connectivity index (χ1) is 19.4. The number of carbonyl (C=O) groups is 1. The van der Waals surface area contributed by atoms with Crippen LogP contribution in [0.1, 0.15) is 48.5 Å². The molecule has 3 aromatic carbocycles. The van der Waals surface area contributed by atoms with E-state index in [1.807, 2.05) is 19.9 Å². The molecule has 0 aliphatic heterocycles. The Balaban J connectivity index is 1.64. The second-order valence-corrected chi connectivity index (χ2v) is 14.2. The molecule has 0 fully saturated rings. The molecule has 42 heavy (non-hydrogen) atoms. The number of thiophene rings is 1. The molecule has 0 radical (unpaired) electrons. The smallest absolute Gasteiger partial charge is 0.491 e. The van der Waals surface area contributed by atoms with Gasteiger partial charge in [-0.25, -0.2) is 8.42 Å². The molecule has 0 unspecified atom stereocenters. The maximum Gasteiger partial charge on any atom is 0.573 e. The van der Waals surface area contributed by atoms with E-state index < -0.39 is 27.6 Å². The molecule has 13 heteroatoms. The Kier molecular flexibility index (Phi) is 8.87. The lowest BCUT2D eigenvalue weighted by atomic mass is 9.78. The van der Waals surface area contributed by atoms with Gasteiger partial charge in [-0.15, -0.1) is 24.5 Å². The zero-order chi connectivity index (χ0) is 31.0. The van der Waals surface area contributed by atoms with E-state index in [-0.39, 0.29) is 17.8 Å². The number of carbonyl (C=O) groups excluding carboxylic acids is 1. The number of ether oxygens (including phenoxy) is 2. The van der Waals surface area contributed by atoms with Crippen molar-refractivity contribution in [2.24, 2.45) is 0 Å². The molecule has 0 bridgehead atoms. The summed E-state index contributed by atoms with van der Waals surface area (Å²) in [5.74, 6) is -0.534. The number of amides is 1. The third-order valence-electron chi connectivity index (χ3n) is 6.13. The van der Waals surface area contributed by atoms with Crippen LogP contribution >= 0.6 is 27.3 Å². The molecule has 0 aliphatic rings. The third kappa shape index (κ3) is 8.17. The van der Waals surface area contributed by atoms with Crippen molar-refractivity contribution in [2.75, 3.05) is 16.3 Å². The number of anilines is 2. The minimum absolute atomic E-state index is 0.234. The van der Waals surface area contributed by atoms with Crippen LogP contribution in [0.2, 0.25) is 0 Å². The number of fused-ring (bicyclic) bond motifs is 1. The molecule has 4 rings (SSSR count). The highest BCUT2D eigenvalue weighted by molar-refractivity contribution is 9.10. The highest BCUT2D eigenvalue weighted by Gasteiger charge is 2.33. The van der Waals surface area contributed by atoms with E-state index in [2.05, 4.69) is 30.7 Å². The molecule has 0 saturated carbocycles. The number of sulfonamides is 1. The first-order valence-electron chi connectivity index (χ1n) is 12.6. The van der Waals surface area contributed by atoms with E-state index in [1.54, 1.807) is 56.3 Å². The fourth-order valence-electron chi connectivity index (χ4n) is 4.28. The number of rotatable bonds is 9. The second kappa shape index (κ2) is 11.8. The van der Waals surface area contributed by atoms with Gasteiger partial charge in [-0.3, -0.25) is 9.52 Å². The Morgan fingerprint density at radius 1 is 0.929 bits per heavy atom. The number of nitrogens with one attached hydrogen (secondary N) is 2. The lowest BCUT2D eigenvalue weighted by molar-refractivity contribution is -0.274. The van der Waals surface area contributed by atoms with E-state index in [9.17, 15) is 26.4 Å². The maximum absolute atomic E-state index is 13.2. The standard InChI is InChI=1S/C29H28BrF3N2O5S2/c1-16(2)39-23-12-19(13-24(15-23)40-29(31,32)33)28(3,4)18-10-20(30)14-22(11-18)34-27(36)26-9-17-8-21(35-42(5,37)38)6-7-25(17)41-26/h6-16,35H,1-5H3,(H,34,36). The first-order valence-corrected chi connectivity index (χ1v) is 16.1. The predicted molar refractivity (Wildman–Crippen MR) is 163 cm³/mol. The van der Waals surface area contributed by atoms with Gasteiger partial charge in [0, 0.05) is 32.0 Å². The van der Waals surface area contributed by atoms with E-state index >= 15 is 0 Å². The minimum Gasteiger partial charge on any atom is -0.491 e. The number of hydrogen-bond acceptors (Lipinski definition) is 6. The monoisotopic (exact) mass is 684 g/mol. The predicted octanol–water partition coefficient (Wildman–Crippen LogP) is 8.30. The van der Waals surface area contributed by atoms with Crippen molar-refractivity contribution in [2.45, 2.75) is 45.6 Å². The first kappa shape index (κ1) is 31.6. The Morgan fingerprint density at radius 2 is 1.60 bits per heavy atom. The van der Waals surface area contributed by atoms with E-state index in [0.717, 1.165) is 11.0 Å². The maximum atomic E-state index is 13.2. The number of hydrogen-bond donors (Lipinski definition) is 2. The summed E-state index contributed by atoms with van der Waals surface area (Å²) in [4.78, 5) is 13.6. The van der Waals surface area contributed by atoms with Gasteiger partial charge in [0.25, 0.3) is 5.91 Å². The van der Waals surface area contributed by atoms with Crippen molar-refractivity contribution in [1.29, 1.82) is 0 Å². The van der Waals surface area contributed by atoms with Crippen molar-refractivity contribution in [3.8, 4) is 11.5 Å². The summed E-state index contributed by atoms with van der Waals surface area (Å²) in [6.07, 6.45) is -4.09. The molecule has 1 aromatic heterocycles. The molecule has 0 spiro atoms. The molecule has 0 saturated heterocycles. The van der Waals surface area contributed by atoms with Crippen LogP contribution in [0.4, 0.5) is 24.5 Å². The molecule has 2 N–H and O–H groups in total. The fraction of sp³-hybridized carbons (Fsp3) is 0.276. The van der Waals surface area contributed by atoms with Gasteiger partial charge in [-0.05, 0) is 85.0 Å². The average Bonchev–Trinajstić information content (AvgIpc) is 3.24. The fourth-order valence-corrected chi connectivity index (χ4v) is 6.27. The number of benzene rings is 3. The van der Waals surface area contributed by atoms with Crippen LogP contribution in [0.5, 0.6) is 11.5 Å². The van der Waals surface area contributed by atoms with Crippen LogP contribution in [0.15, 0.2) is 65.1 Å². The molecule has 0 aliphatic carbocycles. The van der Waals surface area contributed by atoms with Crippen molar-refractivity contribution in [1.82, 2.24) is 0 Å². The summed E-state index contributed by atoms with van der Waals surface area (Å²) in [5, 5.41) is 3.59. The Morgan fingerprint density at radius 3 is 2.24 bits per heavy atom. The molecule has 0 atom stereocenters. The van der Waals surface area contributed by atoms with Gasteiger partial charge in [0.1, 0.15) is 11.5 Å². The SMILES string of the molecule is CC(C)Oc1cc(OC(F)(F)F)cc(C(C)(C)c2cc(Br)cc(NC(=O)c3cc4cc(NS(C)(=O)=O)ccc4s3)c2)c1. The zero-order valence-electron chi connectivity index (χ0n) is 23.2. The van der Waals surface area contributed by atoms with E-state index in [4.69, 9.17) is 4.74 Å². The van der Waals surface area contributed by atoms with Gasteiger partial charge in [0.05, 0.1) is 17.2 Å². The Labute approximate surface area is 254 Å². The molecule has 4 aromatic rings. The normalized spacial score (nSPS) is 12.4. The average molecular weight is 686 g/mol. The van der Waals surface area contributed by atoms with Gasteiger partial charge >= 0.3 is 6.36 Å². The molecule has 224 valence electrons. The summed E-state index contributed by atoms with van der Waals surface area (Å²) in [7, 11) is -3.45. The summed E-state index contributed by atoms with van der Waals surface area (Å²) >= 11 is 4.74. The Hall–Kier alpha value is -3.29. The van der Waals surface area contributed by atoms with Gasteiger partial charge in [0.15, 0.2) is 0 Å². The Bertz CT molecular complexity index is 1750. The summed E-state index contributed by atoms with van der Waals surface area (Å²) in [6, 6.07) is 16.2. The van der Waals surface area contributed by atoms with Crippen molar-refractivity contribution in [3.05, 3.63) is 81.1 Å². The quantitative estimate of drug-likeness (QED) is 0.185. The van der Waals surface area contributed by atoms with Crippen LogP contribution in [-0.4, -0.2) is 33.0 Å². The third-order valence-corrected chi connectivity index (χ3v) is 8.31. The lowest BCUT2D eigenvalue weighted by Gasteiger charge is -2.28. The highest BCUT2D eigenvalue weighted by Crippen LogP contribution is 2.40.